The number of nitrogens with zero attached hydrogens (tertiary/aromatic N) is 2. The van der Waals surface area contributed by atoms with E-state index in [0.29, 0.717) is 10.9 Å². The van der Waals surface area contributed by atoms with Gasteiger partial charge in [-0.3, -0.25) is 9.48 Å². The standard InChI is InChI=1S/C7H9BrN2O.BrH/c1-5-6(7(11)3-8)4-10(2)9-5;/h4H,3H2,1-2H3;1H. The molecular formula is C7H10Br2N2O. The molecule has 1 heterocycles. The molecular weight excluding hydrogens is 288 g/mol. The smallest absolute Gasteiger partial charge is 0.176 e. The van der Waals surface area contributed by atoms with Crippen molar-refractivity contribution in [2.45, 2.75) is 6.92 Å². The van der Waals surface area contributed by atoms with Crippen LogP contribution in [0.15, 0.2) is 6.20 Å². The normalized spacial score (nSPS) is 9.25. The Bertz CT molecular complexity index is 283. The highest BCUT2D eigenvalue weighted by Gasteiger charge is 2.09. The van der Waals surface area contributed by atoms with Gasteiger partial charge in [0.2, 0.25) is 0 Å². The van der Waals surface area contributed by atoms with Crippen LogP contribution in [0.3, 0.4) is 0 Å². The van der Waals surface area contributed by atoms with Crippen LogP contribution in [-0.2, 0) is 7.05 Å². The van der Waals surface area contributed by atoms with E-state index in [1.165, 1.54) is 0 Å². The summed E-state index contributed by atoms with van der Waals surface area (Å²) in [4.78, 5) is 11.1. The van der Waals surface area contributed by atoms with Crippen molar-refractivity contribution in [2.24, 2.45) is 7.05 Å². The van der Waals surface area contributed by atoms with E-state index in [4.69, 9.17) is 0 Å². The van der Waals surface area contributed by atoms with Gasteiger partial charge in [0.15, 0.2) is 5.78 Å². The summed E-state index contributed by atoms with van der Waals surface area (Å²) in [5.74, 6) is 0.0793. The highest BCUT2D eigenvalue weighted by atomic mass is 79.9. The molecule has 0 aliphatic heterocycles. The van der Waals surface area contributed by atoms with Gasteiger partial charge in [0.25, 0.3) is 0 Å². The van der Waals surface area contributed by atoms with E-state index in [0.717, 1.165) is 5.69 Å². The summed E-state index contributed by atoms with van der Waals surface area (Å²) in [6, 6.07) is 0. The molecule has 0 amide bonds. The molecule has 3 nitrogen and oxygen atoms in total. The monoisotopic (exact) mass is 296 g/mol. The van der Waals surface area contributed by atoms with Crippen molar-refractivity contribution in [3.8, 4) is 0 Å². The average molecular weight is 298 g/mol. The summed E-state index contributed by atoms with van der Waals surface area (Å²) in [7, 11) is 1.80. The summed E-state index contributed by atoms with van der Waals surface area (Å²) in [5, 5.41) is 4.42. The van der Waals surface area contributed by atoms with E-state index in [1.807, 2.05) is 6.92 Å². The molecule has 0 aliphatic rings. The van der Waals surface area contributed by atoms with Gasteiger partial charge in [0.1, 0.15) is 0 Å². The van der Waals surface area contributed by atoms with Crippen molar-refractivity contribution >= 4 is 38.7 Å². The van der Waals surface area contributed by atoms with E-state index >= 15 is 0 Å². The molecule has 1 aromatic rings. The Morgan fingerprint density at radius 1 is 1.75 bits per heavy atom. The summed E-state index contributed by atoms with van der Waals surface area (Å²) in [6.45, 7) is 1.83. The van der Waals surface area contributed by atoms with Crippen LogP contribution in [0.2, 0.25) is 0 Å². The zero-order chi connectivity index (χ0) is 8.43. The van der Waals surface area contributed by atoms with Crippen LogP contribution >= 0.6 is 32.9 Å². The summed E-state index contributed by atoms with van der Waals surface area (Å²) in [5.41, 5.74) is 1.49. The molecule has 68 valence electrons. The first-order valence-corrected chi connectivity index (χ1v) is 4.36. The largest absolute Gasteiger partial charge is 0.293 e. The Kier molecular flexibility index (Phi) is 4.70. The van der Waals surface area contributed by atoms with E-state index in [-0.39, 0.29) is 22.8 Å². The lowest BCUT2D eigenvalue weighted by molar-refractivity contribution is 0.102. The number of alkyl halides is 1. The number of aromatic nitrogens is 2. The van der Waals surface area contributed by atoms with Crippen LogP contribution in [0.1, 0.15) is 16.1 Å². The minimum Gasteiger partial charge on any atom is -0.293 e. The second-order valence-corrected chi connectivity index (χ2v) is 2.92. The Hall–Kier alpha value is -0.160. The van der Waals surface area contributed by atoms with Gasteiger partial charge in [-0.2, -0.15) is 5.10 Å². The first-order chi connectivity index (χ1) is 5.15. The van der Waals surface area contributed by atoms with Gasteiger partial charge < -0.3 is 0 Å². The van der Waals surface area contributed by atoms with Crippen LogP contribution in [0.5, 0.6) is 0 Å². The van der Waals surface area contributed by atoms with Crippen molar-refractivity contribution in [1.29, 1.82) is 0 Å². The predicted molar refractivity (Wildman–Crippen MR) is 56.4 cm³/mol. The maximum atomic E-state index is 11.1. The van der Waals surface area contributed by atoms with E-state index in [1.54, 1.807) is 17.9 Å². The van der Waals surface area contributed by atoms with Gasteiger partial charge in [0.05, 0.1) is 16.6 Å². The quantitative estimate of drug-likeness (QED) is 0.617. The van der Waals surface area contributed by atoms with Crippen molar-refractivity contribution in [1.82, 2.24) is 9.78 Å². The molecule has 0 radical (unpaired) electrons. The SMILES string of the molecule is Br.Cc1nn(C)cc1C(=O)CBr. The fourth-order valence-corrected chi connectivity index (χ4v) is 1.25. The Morgan fingerprint density at radius 2 is 2.33 bits per heavy atom. The van der Waals surface area contributed by atoms with Crippen molar-refractivity contribution in [2.75, 3.05) is 5.33 Å². The number of hydrogen-bond acceptors (Lipinski definition) is 2. The first kappa shape index (κ1) is 11.8. The van der Waals surface area contributed by atoms with Gasteiger partial charge in [0, 0.05) is 13.2 Å². The third-order valence-corrected chi connectivity index (χ3v) is 1.94. The molecule has 12 heavy (non-hydrogen) atoms. The zero-order valence-electron chi connectivity index (χ0n) is 6.87. The topological polar surface area (TPSA) is 34.9 Å². The number of halogens is 2. The first-order valence-electron chi connectivity index (χ1n) is 3.24. The summed E-state index contributed by atoms with van der Waals surface area (Å²) < 4.78 is 1.64. The van der Waals surface area contributed by atoms with Crippen LogP contribution in [0.4, 0.5) is 0 Å². The van der Waals surface area contributed by atoms with Crippen LogP contribution in [-0.4, -0.2) is 20.9 Å². The maximum Gasteiger partial charge on any atom is 0.176 e. The molecule has 0 fully saturated rings. The summed E-state index contributed by atoms with van der Waals surface area (Å²) in [6.07, 6.45) is 1.74. The summed E-state index contributed by atoms with van der Waals surface area (Å²) >= 11 is 3.11. The number of hydrogen-bond donors (Lipinski definition) is 0. The molecule has 0 spiro atoms. The molecule has 0 saturated carbocycles. The molecule has 0 saturated heterocycles. The van der Waals surface area contributed by atoms with Gasteiger partial charge in [-0.1, -0.05) is 15.9 Å². The Labute approximate surface area is 90.0 Å². The molecule has 1 rings (SSSR count). The Balaban J connectivity index is 0.00000121. The fraction of sp³-hybridized carbons (Fsp3) is 0.429. The molecule has 0 aliphatic carbocycles. The lowest BCUT2D eigenvalue weighted by Crippen LogP contribution is -1.99. The lowest BCUT2D eigenvalue weighted by atomic mass is 10.2. The second-order valence-electron chi connectivity index (χ2n) is 2.36. The minimum atomic E-state index is 0. The van der Waals surface area contributed by atoms with Gasteiger partial charge in [-0.05, 0) is 6.92 Å². The number of aryl methyl sites for hydroxylation is 2. The number of Topliss-reactive ketones (excluding diaryl/α,β-unsaturated/α-hetero) is 1. The highest BCUT2D eigenvalue weighted by molar-refractivity contribution is 9.09. The third kappa shape index (κ3) is 2.42. The maximum absolute atomic E-state index is 11.1. The van der Waals surface area contributed by atoms with Crippen molar-refractivity contribution < 1.29 is 4.79 Å². The minimum absolute atomic E-state index is 0. The van der Waals surface area contributed by atoms with Crippen molar-refractivity contribution in [3.05, 3.63) is 17.5 Å². The number of carbonyl (C=O) groups excluding carboxylic acids is 1. The highest BCUT2D eigenvalue weighted by Crippen LogP contribution is 2.06. The van der Waals surface area contributed by atoms with Crippen molar-refractivity contribution in [3.63, 3.8) is 0 Å². The average Bonchev–Trinajstić information content (AvgIpc) is 2.28. The predicted octanol–water partition coefficient (Wildman–Crippen LogP) is 1.88. The van der Waals surface area contributed by atoms with Crippen LogP contribution in [0, 0.1) is 6.92 Å². The number of ketones is 1. The zero-order valence-corrected chi connectivity index (χ0v) is 10.2. The van der Waals surface area contributed by atoms with Crippen LogP contribution in [0.25, 0.3) is 0 Å². The number of rotatable bonds is 2. The van der Waals surface area contributed by atoms with Gasteiger partial charge in [-0.15, -0.1) is 17.0 Å². The molecule has 0 N–H and O–H groups in total. The third-order valence-electron chi connectivity index (χ3n) is 1.44. The Morgan fingerprint density at radius 3 is 2.67 bits per heavy atom. The van der Waals surface area contributed by atoms with Gasteiger partial charge >= 0.3 is 0 Å². The molecule has 0 aromatic carbocycles. The van der Waals surface area contributed by atoms with Gasteiger partial charge in [-0.25, -0.2) is 0 Å². The van der Waals surface area contributed by atoms with E-state index in [2.05, 4.69) is 21.0 Å². The molecule has 5 heteroatoms. The number of carbonyl (C=O) groups is 1. The second kappa shape index (κ2) is 4.77. The fourth-order valence-electron chi connectivity index (χ4n) is 0.945. The molecule has 0 atom stereocenters. The van der Waals surface area contributed by atoms with E-state index in [9.17, 15) is 4.79 Å². The molecule has 0 bridgehead atoms. The molecule has 1 aromatic heterocycles. The molecule has 0 unspecified atom stereocenters. The van der Waals surface area contributed by atoms with E-state index < -0.39 is 0 Å². The van der Waals surface area contributed by atoms with Crippen LogP contribution < -0.4 is 0 Å². The lowest BCUT2D eigenvalue weighted by Gasteiger charge is -1.89.